The number of anilines is 1. The first-order chi connectivity index (χ1) is 9.22. The van der Waals surface area contributed by atoms with Crippen LogP contribution in [0, 0.1) is 0 Å². The average molecular weight is 281 g/mol. The molecule has 1 N–H and O–H groups in total. The van der Waals surface area contributed by atoms with E-state index in [9.17, 15) is 0 Å². The third-order valence-corrected chi connectivity index (χ3v) is 4.46. The second kappa shape index (κ2) is 7.16. The lowest BCUT2D eigenvalue weighted by atomic mass is 10.0. The van der Waals surface area contributed by atoms with Crippen LogP contribution in [-0.4, -0.2) is 30.1 Å². The lowest BCUT2D eigenvalue weighted by Crippen LogP contribution is -2.44. The van der Waals surface area contributed by atoms with Crippen LogP contribution in [-0.2, 0) is 0 Å². The number of nitrogens with one attached hydrogen (secondary N) is 1. The zero-order chi connectivity index (χ0) is 13.7. The Balaban J connectivity index is 1.81. The van der Waals surface area contributed by atoms with Gasteiger partial charge in [0.05, 0.1) is 0 Å². The molecule has 2 rings (SSSR count). The molecule has 0 aliphatic carbocycles. The standard InChI is InChI=1S/C16H25ClN2/c1-3-16(4-2)19-11-9-15(10-12-19)18-14-7-5-13(17)6-8-14/h5-8,15-16,18H,3-4,9-12H2,1-2H3. The van der Waals surface area contributed by atoms with Crippen LogP contribution in [0.4, 0.5) is 5.69 Å². The molecular formula is C16H25ClN2. The van der Waals surface area contributed by atoms with Crippen LogP contribution in [0.25, 0.3) is 0 Å². The van der Waals surface area contributed by atoms with Crippen molar-refractivity contribution in [3.8, 4) is 0 Å². The van der Waals surface area contributed by atoms with Gasteiger partial charge in [-0.05, 0) is 49.9 Å². The van der Waals surface area contributed by atoms with Gasteiger partial charge in [-0.1, -0.05) is 25.4 Å². The van der Waals surface area contributed by atoms with Gasteiger partial charge >= 0.3 is 0 Å². The number of hydrogen-bond acceptors (Lipinski definition) is 2. The molecule has 106 valence electrons. The van der Waals surface area contributed by atoms with Gasteiger partial charge in [0.25, 0.3) is 0 Å². The first-order valence-electron chi connectivity index (χ1n) is 7.49. The van der Waals surface area contributed by atoms with Crippen LogP contribution in [0.3, 0.4) is 0 Å². The number of nitrogens with zero attached hydrogens (tertiary/aromatic N) is 1. The van der Waals surface area contributed by atoms with Crippen molar-refractivity contribution in [2.24, 2.45) is 0 Å². The number of hydrogen-bond donors (Lipinski definition) is 1. The topological polar surface area (TPSA) is 15.3 Å². The molecule has 0 atom stereocenters. The van der Waals surface area contributed by atoms with Gasteiger partial charge in [0.15, 0.2) is 0 Å². The predicted octanol–water partition coefficient (Wildman–Crippen LogP) is 4.40. The van der Waals surface area contributed by atoms with E-state index in [4.69, 9.17) is 11.6 Å². The second-order valence-corrected chi connectivity index (χ2v) is 5.87. The molecule has 0 bridgehead atoms. The Labute approximate surface area is 122 Å². The monoisotopic (exact) mass is 280 g/mol. The quantitative estimate of drug-likeness (QED) is 0.860. The maximum atomic E-state index is 5.91. The number of rotatable bonds is 5. The normalized spacial score (nSPS) is 17.9. The minimum atomic E-state index is 0.604. The summed E-state index contributed by atoms with van der Waals surface area (Å²) >= 11 is 5.91. The van der Waals surface area contributed by atoms with Crippen molar-refractivity contribution < 1.29 is 0 Å². The molecule has 3 heteroatoms. The highest BCUT2D eigenvalue weighted by atomic mass is 35.5. The molecule has 19 heavy (non-hydrogen) atoms. The highest BCUT2D eigenvalue weighted by Gasteiger charge is 2.22. The molecule has 1 aliphatic rings. The van der Waals surface area contributed by atoms with E-state index in [-0.39, 0.29) is 0 Å². The fourth-order valence-corrected chi connectivity index (χ4v) is 3.12. The summed E-state index contributed by atoms with van der Waals surface area (Å²) < 4.78 is 0. The Morgan fingerprint density at radius 3 is 2.26 bits per heavy atom. The van der Waals surface area contributed by atoms with Crippen molar-refractivity contribution >= 4 is 17.3 Å². The maximum Gasteiger partial charge on any atom is 0.0407 e. The molecule has 1 heterocycles. The molecule has 0 unspecified atom stereocenters. The second-order valence-electron chi connectivity index (χ2n) is 5.43. The minimum absolute atomic E-state index is 0.604. The molecule has 1 aliphatic heterocycles. The van der Waals surface area contributed by atoms with Gasteiger partial charge in [-0.3, -0.25) is 0 Å². The molecule has 0 amide bonds. The molecule has 0 saturated carbocycles. The van der Waals surface area contributed by atoms with Gasteiger partial charge in [-0.25, -0.2) is 0 Å². The summed E-state index contributed by atoms with van der Waals surface area (Å²) in [6.45, 7) is 7.04. The lowest BCUT2D eigenvalue weighted by Gasteiger charge is -2.37. The van der Waals surface area contributed by atoms with E-state index in [1.807, 2.05) is 12.1 Å². The Morgan fingerprint density at radius 2 is 1.74 bits per heavy atom. The van der Waals surface area contributed by atoms with Crippen LogP contribution in [0.2, 0.25) is 5.02 Å². The largest absolute Gasteiger partial charge is 0.382 e. The zero-order valence-corrected chi connectivity index (χ0v) is 12.8. The molecule has 0 spiro atoms. The Hall–Kier alpha value is -0.730. The van der Waals surface area contributed by atoms with E-state index in [0.29, 0.717) is 6.04 Å². The van der Waals surface area contributed by atoms with E-state index >= 15 is 0 Å². The molecule has 0 radical (unpaired) electrons. The van der Waals surface area contributed by atoms with Crippen molar-refractivity contribution in [3.05, 3.63) is 29.3 Å². The highest BCUT2D eigenvalue weighted by molar-refractivity contribution is 6.30. The SMILES string of the molecule is CCC(CC)N1CCC(Nc2ccc(Cl)cc2)CC1. The summed E-state index contributed by atoms with van der Waals surface area (Å²) in [5, 5.41) is 4.42. The average Bonchev–Trinajstić information content (AvgIpc) is 2.44. The molecule has 1 aromatic carbocycles. The van der Waals surface area contributed by atoms with Crippen molar-refractivity contribution in [1.82, 2.24) is 4.90 Å². The molecular weight excluding hydrogens is 256 g/mol. The Kier molecular flexibility index (Phi) is 5.53. The van der Waals surface area contributed by atoms with Crippen molar-refractivity contribution in [3.63, 3.8) is 0 Å². The third kappa shape index (κ3) is 4.12. The summed E-state index contributed by atoms with van der Waals surface area (Å²) in [7, 11) is 0. The predicted molar refractivity (Wildman–Crippen MR) is 84.0 cm³/mol. The van der Waals surface area contributed by atoms with Crippen molar-refractivity contribution in [2.45, 2.75) is 51.6 Å². The first kappa shape index (κ1) is 14.7. The Morgan fingerprint density at radius 1 is 1.16 bits per heavy atom. The van der Waals surface area contributed by atoms with Crippen LogP contribution < -0.4 is 5.32 Å². The Bertz CT molecular complexity index is 365. The van der Waals surface area contributed by atoms with Crippen LogP contribution >= 0.6 is 11.6 Å². The van der Waals surface area contributed by atoms with Crippen molar-refractivity contribution in [2.75, 3.05) is 18.4 Å². The molecule has 1 saturated heterocycles. The fraction of sp³-hybridized carbons (Fsp3) is 0.625. The van der Waals surface area contributed by atoms with E-state index in [0.717, 1.165) is 11.1 Å². The maximum absolute atomic E-state index is 5.91. The van der Waals surface area contributed by atoms with Crippen LogP contribution in [0.5, 0.6) is 0 Å². The number of piperidine rings is 1. The highest BCUT2D eigenvalue weighted by Crippen LogP contribution is 2.21. The zero-order valence-electron chi connectivity index (χ0n) is 12.0. The number of halogens is 1. The smallest absolute Gasteiger partial charge is 0.0407 e. The third-order valence-electron chi connectivity index (χ3n) is 4.20. The van der Waals surface area contributed by atoms with Gasteiger partial charge in [-0.15, -0.1) is 0 Å². The summed E-state index contributed by atoms with van der Waals surface area (Å²) in [6, 6.07) is 9.40. The number of benzene rings is 1. The van der Waals surface area contributed by atoms with Crippen molar-refractivity contribution in [1.29, 1.82) is 0 Å². The summed E-state index contributed by atoms with van der Waals surface area (Å²) in [5.74, 6) is 0. The van der Waals surface area contributed by atoms with Gasteiger partial charge < -0.3 is 10.2 Å². The molecule has 0 aromatic heterocycles. The summed E-state index contributed by atoms with van der Waals surface area (Å²) in [4.78, 5) is 2.65. The van der Waals surface area contributed by atoms with E-state index in [2.05, 4.69) is 36.2 Å². The summed E-state index contributed by atoms with van der Waals surface area (Å²) in [5.41, 5.74) is 1.19. The molecule has 1 aromatic rings. The number of likely N-dealkylation sites (tertiary alicyclic amines) is 1. The van der Waals surface area contributed by atoms with E-state index < -0.39 is 0 Å². The summed E-state index contributed by atoms with van der Waals surface area (Å²) in [6.07, 6.45) is 5.01. The first-order valence-corrected chi connectivity index (χ1v) is 7.86. The minimum Gasteiger partial charge on any atom is -0.382 e. The molecule has 2 nitrogen and oxygen atoms in total. The van der Waals surface area contributed by atoms with Gasteiger partial charge in [0.2, 0.25) is 0 Å². The van der Waals surface area contributed by atoms with E-state index in [1.165, 1.54) is 44.5 Å². The van der Waals surface area contributed by atoms with Gasteiger partial charge in [-0.2, -0.15) is 0 Å². The fourth-order valence-electron chi connectivity index (χ4n) is 3.00. The van der Waals surface area contributed by atoms with Crippen LogP contribution in [0.1, 0.15) is 39.5 Å². The van der Waals surface area contributed by atoms with Crippen LogP contribution in [0.15, 0.2) is 24.3 Å². The molecule has 1 fully saturated rings. The van der Waals surface area contributed by atoms with Gasteiger partial charge in [0.1, 0.15) is 0 Å². The lowest BCUT2D eigenvalue weighted by molar-refractivity contribution is 0.149. The van der Waals surface area contributed by atoms with Gasteiger partial charge in [0, 0.05) is 35.9 Å². The van der Waals surface area contributed by atoms with E-state index in [1.54, 1.807) is 0 Å².